The van der Waals surface area contributed by atoms with Gasteiger partial charge in [-0.1, -0.05) is 64.5 Å². The van der Waals surface area contributed by atoms with Gasteiger partial charge in [-0.25, -0.2) is 14.5 Å². The fraction of sp³-hybridized carbons (Fsp3) is 0.553. The standard InChI is InChI=1S/C38H52N6O8S/c1-7-25(2)38(6,35(47)42-53(49,50)43-19-11-9-12-20-43)41-32(45)30-23-28-24-44(30)34(46)31(37(3,4)5)40-36(48)51-21-13-8-10-14-26-15-16-27-17-18-39-33(52-28)29(27)22-26/h7,10,14-18,22,25,28,30-31H,1,8-9,11-13,19-21,23-24H2,2-6H3,(H,40,48)(H,41,45)(H,42,47)/b14-10+/t25-,28+,30-,31+,38+/m0/s1. The van der Waals surface area contributed by atoms with Crippen molar-refractivity contribution >= 4 is 50.9 Å². The molecule has 2 fully saturated rings. The van der Waals surface area contributed by atoms with E-state index < -0.39 is 69.1 Å². The summed E-state index contributed by atoms with van der Waals surface area (Å²) in [6, 6.07) is 5.49. The summed E-state index contributed by atoms with van der Waals surface area (Å²) in [5, 5.41) is 7.16. The fourth-order valence-corrected chi connectivity index (χ4v) is 8.11. The minimum absolute atomic E-state index is 0.0167. The Bertz CT molecular complexity index is 1850. The van der Waals surface area contributed by atoms with Gasteiger partial charge in [0, 0.05) is 37.0 Å². The second-order valence-electron chi connectivity index (χ2n) is 15.3. The van der Waals surface area contributed by atoms with Gasteiger partial charge in [0.15, 0.2) is 0 Å². The van der Waals surface area contributed by atoms with Gasteiger partial charge >= 0.3 is 16.3 Å². The molecule has 0 aliphatic carbocycles. The summed E-state index contributed by atoms with van der Waals surface area (Å²) in [4.78, 5) is 61.6. The number of benzene rings is 1. The Balaban J connectivity index is 1.50. The number of piperidine rings is 1. The van der Waals surface area contributed by atoms with Gasteiger partial charge in [-0.2, -0.15) is 12.7 Å². The molecule has 0 saturated carbocycles. The Morgan fingerprint density at radius 1 is 1.09 bits per heavy atom. The van der Waals surface area contributed by atoms with Crippen LogP contribution in [0.2, 0.25) is 0 Å². The average molecular weight is 753 g/mol. The van der Waals surface area contributed by atoms with Crippen LogP contribution in [-0.2, 0) is 29.3 Å². The Labute approximate surface area is 311 Å². The van der Waals surface area contributed by atoms with Crippen molar-refractivity contribution in [1.82, 2.24) is 29.5 Å². The van der Waals surface area contributed by atoms with Gasteiger partial charge in [0.05, 0.1) is 13.2 Å². The van der Waals surface area contributed by atoms with Crippen molar-refractivity contribution in [3.05, 3.63) is 54.8 Å². The number of nitrogens with zero attached hydrogens (tertiary/aromatic N) is 3. The van der Waals surface area contributed by atoms with Crippen LogP contribution < -0.4 is 20.1 Å². The highest BCUT2D eigenvalue weighted by atomic mass is 32.2. The lowest BCUT2D eigenvalue weighted by Crippen LogP contribution is -2.65. The molecule has 14 nitrogen and oxygen atoms in total. The topological polar surface area (TPSA) is 176 Å². The molecular formula is C38H52N6O8S. The van der Waals surface area contributed by atoms with Crippen LogP contribution in [-0.4, -0.2) is 96.4 Å². The van der Waals surface area contributed by atoms with Crippen molar-refractivity contribution in [3.63, 3.8) is 0 Å². The third-order valence-corrected chi connectivity index (χ3v) is 11.8. The summed E-state index contributed by atoms with van der Waals surface area (Å²) in [5.74, 6) is -2.59. The summed E-state index contributed by atoms with van der Waals surface area (Å²) in [6.45, 7) is 12.9. The monoisotopic (exact) mass is 752 g/mol. The number of carbonyl (C=O) groups is 4. The van der Waals surface area contributed by atoms with Crippen molar-refractivity contribution in [3.8, 4) is 5.88 Å². The molecule has 1 aromatic heterocycles. The highest BCUT2D eigenvalue weighted by Gasteiger charge is 2.49. The molecule has 2 aromatic rings. The van der Waals surface area contributed by atoms with E-state index in [1.54, 1.807) is 33.9 Å². The van der Waals surface area contributed by atoms with Crippen LogP contribution in [0.4, 0.5) is 4.79 Å². The Morgan fingerprint density at radius 3 is 2.53 bits per heavy atom. The second-order valence-corrected chi connectivity index (χ2v) is 17.0. The van der Waals surface area contributed by atoms with Gasteiger partial charge in [-0.3, -0.25) is 14.4 Å². The lowest BCUT2D eigenvalue weighted by molar-refractivity contribution is -0.143. The Kier molecular flexibility index (Phi) is 12.2. The normalized spacial score (nSPS) is 24.4. The first kappa shape index (κ1) is 39.7. The smallest absolute Gasteiger partial charge is 0.407 e. The van der Waals surface area contributed by atoms with Crippen molar-refractivity contribution in [1.29, 1.82) is 0 Å². The highest BCUT2D eigenvalue weighted by molar-refractivity contribution is 7.87. The first-order valence-corrected chi connectivity index (χ1v) is 19.7. The Hall–Kier alpha value is -4.50. The molecule has 4 heterocycles. The van der Waals surface area contributed by atoms with E-state index in [-0.39, 0.29) is 32.7 Å². The SMILES string of the molecule is C=C[C@H](C)[C@@](C)(NC(=O)[C@@H]1C[C@@H]2CN1C(=O)[C@H](C(C)(C)C)NC(=O)OCCC/C=C/c1ccc3ccnc(c3c1)O2)C(=O)NS(=O)(=O)N1CCCCC1. The van der Waals surface area contributed by atoms with Crippen LogP contribution in [0.15, 0.2) is 49.2 Å². The van der Waals surface area contributed by atoms with Crippen LogP contribution in [0.5, 0.6) is 5.88 Å². The maximum atomic E-state index is 14.5. The number of cyclic esters (lactones) is 1. The van der Waals surface area contributed by atoms with E-state index in [9.17, 15) is 27.6 Å². The van der Waals surface area contributed by atoms with Crippen LogP contribution in [0, 0.1) is 11.3 Å². The van der Waals surface area contributed by atoms with Gasteiger partial charge in [-0.05, 0) is 61.1 Å². The summed E-state index contributed by atoms with van der Waals surface area (Å²) >= 11 is 0. The first-order valence-electron chi connectivity index (χ1n) is 18.3. The van der Waals surface area contributed by atoms with Crippen LogP contribution in [0.25, 0.3) is 16.8 Å². The second kappa shape index (κ2) is 16.3. The number of aromatic nitrogens is 1. The van der Waals surface area contributed by atoms with Gasteiger partial charge < -0.3 is 25.0 Å². The molecule has 0 unspecified atom stereocenters. The molecule has 4 amide bonds. The van der Waals surface area contributed by atoms with Gasteiger partial charge in [-0.15, -0.1) is 6.58 Å². The van der Waals surface area contributed by atoms with Crippen molar-refractivity contribution in [2.24, 2.45) is 11.3 Å². The third kappa shape index (κ3) is 9.18. The van der Waals surface area contributed by atoms with Gasteiger partial charge in [0.2, 0.25) is 17.7 Å². The number of alkyl carbamates (subject to hydrolysis) is 1. The molecular weight excluding hydrogens is 701 g/mol. The molecule has 2 saturated heterocycles. The fourth-order valence-electron chi connectivity index (χ4n) is 6.79. The van der Waals surface area contributed by atoms with Crippen LogP contribution in [0.1, 0.15) is 78.7 Å². The number of fused-ring (bicyclic) bond motifs is 3. The molecule has 288 valence electrons. The molecule has 15 heteroatoms. The van der Waals surface area contributed by atoms with E-state index in [4.69, 9.17) is 9.47 Å². The lowest BCUT2D eigenvalue weighted by Gasteiger charge is -2.38. The number of allylic oxidation sites excluding steroid dienone is 1. The third-order valence-electron chi connectivity index (χ3n) is 10.3. The maximum absolute atomic E-state index is 14.5. The van der Waals surface area contributed by atoms with E-state index in [1.165, 1.54) is 22.2 Å². The van der Waals surface area contributed by atoms with Crippen molar-refractivity contribution < 1.29 is 37.1 Å². The summed E-state index contributed by atoms with van der Waals surface area (Å²) in [6.07, 6.45) is 9.05. The zero-order valence-electron chi connectivity index (χ0n) is 31.2. The molecule has 5 atom stereocenters. The van der Waals surface area contributed by atoms with E-state index in [1.807, 2.05) is 36.4 Å². The molecule has 3 aliphatic rings. The number of carbonyl (C=O) groups excluding carboxylic acids is 4. The molecule has 3 aliphatic heterocycles. The molecule has 0 spiro atoms. The van der Waals surface area contributed by atoms with E-state index in [0.717, 1.165) is 22.8 Å². The number of hydrogen-bond acceptors (Lipinski definition) is 9. The zero-order valence-corrected chi connectivity index (χ0v) is 32.0. The number of rotatable bonds is 7. The molecule has 4 bridgehead atoms. The Morgan fingerprint density at radius 2 is 1.83 bits per heavy atom. The number of amides is 4. The summed E-state index contributed by atoms with van der Waals surface area (Å²) in [5.41, 5.74) is -1.67. The lowest BCUT2D eigenvalue weighted by atomic mass is 9.85. The largest absolute Gasteiger partial charge is 0.472 e. The first-order chi connectivity index (χ1) is 25.0. The van der Waals surface area contributed by atoms with Gasteiger partial charge in [0.1, 0.15) is 23.7 Å². The number of hydrogen-bond donors (Lipinski definition) is 3. The average Bonchev–Trinajstić information content (AvgIpc) is 3.55. The summed E-state index contributed by atoms with van der Waals surface area (Å²) < 4.78 is 41.8. The molecule has 3 N–H and O–H groups in total. The molecule has 5 rings (SSSR count). The van der Waals surface area contributed by atoms with Crippen molar-refractivity contribution in [2.45, 2.75) is 96.9 Å². The molecule has 53 heavy (non-hydrogen) atoms. The van der Waals surface area contributed by atoms with E-state index in [0.29, 0.717) is 31.6 Å². The minimum Gasteiger partial charge on any atom is -0.472 e. The van der Waals surface area contributed by atoms with Crippen LogP contribution >= 0.6 is 0 Å². The quantitative estimate of drug-likeness (QED) is 0.352. The van der Waals surface area contributed by atoms with Crippen molar-refractivity contribution in [2.75, 3.05) is 26.2 Å². The van der Waals surface area contributed by atoms with Gasteiger partial charge in [0.25, 0.3) is 5.91 Å². The molecule has 0 radical (unpaired) electrons. The maximum Gasteiger partial charge on any atom is 0.407 e. The summed E-state index contributed by atoms with van der Waals surface area (Å²) in [7, 11) is -4.19. The molecule has 1 aromatic carbocycles. The number of ether oxygens (including phenoxy) is 2. The van der Waals surface area contributed by atoms with E-state index in [2.05, 4.69) is 26.9 Å². The minimum atomic E-state index is -4.19. The number of nitrogens with one attached hydrogen (secondary N) is 3. The predicted octanol–water partition coefficient (Wildman–Crippen LogP) is 4.07. The van der Waals surface area contributed by atoms with E-state index >= 15 is 0 Å². The zero-order chi connectivity index (χ0) is 38.6. The predicted molar refractivity (Wildman–Crippen MR) is 201 cm³/mol. The highest BCUT2D eigenvalue weighted by Crippen LogP contribution is 2.32. The number of pyridine rings is 1. The van der Waals surface area contributed by atoms with Crippen LogP contribution in [0.3, 0.4) is 0 Å².